The average molecular weight is 212 g/mol. The van der Waals surface area contributed by atoms with Crippen LogP contribution in [0, 0.1) is 0 Å². The number of aliphatic hydroxyl groups excluding tert-OH is 1. The third kappa shape index (κ3) is 2.35. The van der Waals surface area contributed by atoms with Crippen LogP contribution < -0.4 is 0 Å². The number of ether oxygens (including phenoxy) is 1. The zero-order valence-corrected chi connectivity index (χ0v) is 9.17. The normalized spacial score (nSPS) is 29.3. The van der Waals surface area contributed by atoms with E-state index in [2.05, 4.69) is 18.4 Å². The summed E-state index contributed by atoms with van der Waals surface area (Å²) in [5.74, 6) is 0. The molecule has 0 bridgehead atoms. The number of hydrogen-bond donors (Lipinski definition) is 1. The Morgan fingerprint density at radius 1 is 1.64 bits per heavy atom. The first-order valence-electron chi connectivity index (χ1n) is 5.10. The summed E-state index contributed by atoms with van der Waals surface area (Å²) in [5.41, 5.74) is 1.21. The molecule has 2 heterocycles. The van der Waals surface area contributed by atoms with E-state index in [1.807, 2.05) is 5.38 Å². The Morgan fingerprint density at radius 3 is 3.07 bits per heavy atom. The third-order valence-corrected chi connectivity index (χ3v) is 3.45. The van der Waals surface area contributed by atoms with Crippen molar-refractivity contribution in [3.8, 4) is 0 Å². The zero-order chi connectivity index (χ0) is 9.97. The maximum Gasteiger partial charge on any atom is 0.0842 e. The van der Waals surface area contributed by atoms with Gasteiger partial charge in [0.2, 0.25) is 0 Å². The Morgan fingerprint density at radius 2 is 2.50 bits per heavy atom. The smallest absolute Gasteiger partial charge is 0.0842 e. The highest BCUT2D eigenvalue weighted by Gasteiger charge is 2.28. The lowest BCUT2D eigenvalue weighted by Gasteiger charge is -2.17. The van der Waals surface area contributed by atoms with Crippen molar-refractivity contribution in [3.05, 3.63) is 22.4 Å². The highest BCUT2D eigenvalue weighted by Crippen LogP contribution is 2.23. The van der Waals surface area contributed by atoms with Gasteiger partial charge in [-0.05, 0) is 42.2 Å². The van der Waals surface area contributed by atoms with Crippen molar-refractivity contribution in [1.82, 2.24) is 0 Å². The van der Waals surface area contributed by atoms with Crippen molar-refractivity contribution in [2.24, 2.45) is 0 Å². The Hall–Kier alpha value is -0.380. The van der Waals surface area contributed by atoms with E-state index in [9.17, 15) is 5.11 Å². The first kappa shape index (κ1) is 10.1. The lowest BCUT2D eigenvalue weighted by atomic mass is 10.0. The van der Waals surface area contributed by atoms with Gasteiger partial charge in [-0.3, -0.25) is 0 Å². The van der Waals surface area contributed by atoms with Crippen LogP contribution in [0.4, 0.5) is 0 Å². The Bertz CT molecular complexity index is 271. The molecular formula is C11H16O2S. The fourth-order valence-corrected chi connectivity index (χ4v) is 2.58. The lowest BCUT2D eigenvalue weighted by Crippen LogP contribution is -2.27. The molecule has 1 aliphatic heterocycles. The van der Waals surface area contributed by atoms with Gasteiger partial charge in [0.25, 0.3) is 0 Å². The van der Waals surface area contributed by atoms with Crippen molar-refractivity contribution in [2.75, 3.05) is 0 Å². The SMILES string of the molecule is CC1CCC(C(O)Cc2ccsc2)O1. The van der Waals surface area contributed by atoms with Gasteiger partial charge in [0.05, 0.1) is 18.3 Å². The summed E-state index contributed by atoms with van der Waals surface area (Å²) in [4.78, 5) is 0. The molecule has 1 N–H and O–H groups in total. The topological polar surface area (TPSA) is 29.5 Å². The van der Waals surface area contributed by atoms with Gasteiger partial charge in [0, 0.05) is 6.42 Å². The fourth-order valence-electron chi connectivity index (χ4n) is 1.90. The minimum atomic E-state index is -0.338. The molecule has 1 saturated heterocycles. The van der Waals surface area contributed by atoms with Gasteiger partial charge in [-0.25, -0.2) is 0 Å². The minimum Gasteiger partial charge on any atom is -0.390 e. The van der Waals surface area contributed by atoms with Crippen molar-refractivity contribution < 1.29 is 9.84 Å². The first-order valence-corrected chi connectivity index (χ1v) is 6.04. The van der Waals surface area contributed by atoms with Crippen molar-refractivity contribution >= 4 is 11.3 Å². The maximum atomic E-state index is 9.92. The summed E-state index contributed by atoms with van der Waals surface area (Å²) in [6, 6.07) is 2.06. The molecule has 0 radical (unpaired) electrons. The van der Waals surface area contributed by atoms with Crippen LogP contribution in [-0.2, 0) is 11.2 Å². The number of hydrogen-bond acceptors (Lipinski definition) is 3. The molecule has 3 atom stereocenters. The van der Waals surface area contributed by atoms with Crippen LogP contribution in [0.15, 0.2) is 16.8 Å². The van der Waals surface area contributed by atoms with Gasteiger partial charge in [-0.15, -0.1) is 0 Å². The highest BCUT2D eigenvalue weighted by atomic mass is 32.1. The molecule has 0 spiro atoms. The summed E-state index contributed by atoms with van der Waals surface area (Å²) in [6.07, 6.45) is 2.82. The van der Waals surface area contributed by atoms with Crippen LogP contribution in [0.3, 0.4) is 0 Å². The van der Waals surface area contributed by atoms with Crippen LogP contribution >= 0.6 is 11.3 Å². The second kappa shape index (κ2) is 4.43. The van der Waals surface area contributed by atoms with Gasteiger partial charge in [-0.2, -0.15) is 11.3 Å². The standard InChI is InChI=1S/C11H16O2S/c1-8-2-3-11(13-8)10(12)6-9-4-5-14-7-9/h4-5,7-8,10-12H,2-3,6H2,1H3. The summed E-state index contributed by atoms with van der Waals surface area (Å²) >= 11 is 1.67. The molecule has 0 saturated carbocycles. The molecule has 3 heteroatoms. The average Bonchev–Trinajstić information content (AvgIpc) is 2.75. The van der Waals surface area contributed by atoms with Gasteiger partial charge >= 0.3 is 0 Å². The van der Waals surface area contributed by atoms with Gasteiger partial charge in [0.15, 0.2) is 0 Å². The van der Waals surface area contributed by atoms with Crippen LogP contribution in [0.2, 0.25) is 0 Å². The summed E-state index contributed by atoms with van der Waals surface area (Å²) in [7, 11) is 0. The molecule has 0 aliphatic carbocycles. The van der Waals surface area contributed by atoms with E-state index in [1.54, 1.807) is 11.3 Å². The van der Waals surface area contributed by atoms with E-state index >= 15 is 0 Å². The number of thiophene rings is 1. The molecule has 78 valence electrons. The van der Waals surface area contributed by atoms with Crippen LogP contribution in [0.1, 0.15) is 25.3 Å². The molecule has 2 rings (SSSR count). The second-order valence-electron chi connectivity index (χ2n) is 3.97. The van der Waals surface area contributed by atoms with E-state index in [0.29, 0.717) is 6.10 Å². The van der Waals surface area contributed by atoms with E-state index in [1.165, 1.54) is 5.56 Å². The van der Waals surface area contributed by atoms with E-state index < -0.39 is 0 Å². The molecule has 1 fully saturated rings. The summed E-state index contributed by atoms with van der Waals surface area (Å²) in [5, 5.41) is 14.0. The van der Waals surface area contributed by atoms with E-state index in [4.69, 9.17) is 4.74 Å². The molecular weight excluding hydrogens is 196 g/mol. The zero-order valence-electron chi connectivity index (χ0n) is 8.35. The summed E-state index contributed by atoms with van der Waals surface area (Å²) in [6.45, 7) is 2.07. The molecule has 2 nitrogen and oxygen atoms in total. The second-order valence-corrected chi connectivity index (χ2v) is 4.75. The molecule has 0 amide bonds. The predicted octanol–water partition coefficient (Wildman–Crippen LogP) is 2.22. The van der Waals surface area contributed by atoms with E-state index in [0.717, 1.165) is 19.3 Å². The monoisotopic (exact) mass is 212 g/mol. The van der Waals surface area contributed by atoms with Crippen molar-refractivity contribution in [1.29, 1.82) is 0 Å². The Balaban J connectivity index is 1.87. The Labute approximate surface area is 88.5 Å². The lowest BCUT2D eigenvalue weighted by molar-refractivity contribution is -0.0278. The minimum absolute atomic E-state index is 0.0462. The largest absolute Gasteiger partial charge is 0.390 e. The van der Waals surface area contributed by atoms with Gasteiger partial charge < -0.3 is 9.84 Å². The maximum absolute atomic E-state index is 9.92. The number of rotatable bonds is 3. The molecule has 3 unspecified atom stereocenters. The highest BCUT2D eigenvalue weighted by molar-refractivity contribution is 7.07. The summed E-state index contributed by atoms with van der Waals surface area (Å²) < 4.78 is 5.63. The molecule has 0 aromatic carbocycles. The molecule has 14 heavy (non-hydrogen) atoms. The van der Waals surface area contributed by atoms with Gasteiger partial charge in [0.1, 0.15) is 0 Å². The van der Waals surface area contributed by atoms with Crippen LogP contribution in [-0.4, -0.2) is 23.4 Å². The molecule has 1 aliphatic rings. The number of aliphatic hydroxyl groups is 1. The van der Waals surface area contributed by atoms with Crippen LogP contribution in [0.5, 0.6) is 0 Å². The Kier molecular flexibility index (Phi) is 3.21. The quantitative estimate of drug-likeness (QED) is 0.832. The van der Waals surface area contributed by atoms with Crippen molar-refractivity contribution in [3.63, 3.8) is 0 Å². The molecule has 1 aromatic rings. The van der Waals surface area contributed by atoms with E-state index in [-0.39, 0.29) is 12.2 Å². The van der Waals surface area contributed by atoms with Crippen LogP contribution in [0.25, 0.3) is 0 Å². The fraction of sp³-hybridized carbons (Fsp3) is 0.636. The van der Waals surface area contributed by atoms with Crippen molar-refractivity contribution in [2.45, 2.75) is 44.5 Å². The third-order valence-electron chi connectivity index (χ3n) is 2.72. The molecule has 1 aromatic heterocycles. The van der Waals surface area contributed by atoms with Gasteiger partial charge in [-0.1, -0.05) is 0 Å². The first-order chi connectivity index (χ1) is 6.75. The predicted molar refractivity (Wildman–Crippen MR) is 57.6 cm³/mol.